The number of carboxylic acid groups (broad SMARTS) is 1. The van der Waals surface area contributed by atoms with Crippen molar-refractivity contribution >= 4 is 5.97 Å². The lowest BCUT2D eigenvalue weighted by Gasteiger charge is -2.56. The average molecular weight is 461 g/mol. The number of piperidine rings is 1. The quantitative estimate of drug-likeness (QED) is 0.346. The van der Waals surface area contributed by atoms with Gasteiger partial charge in [-0.25, -0.2) is 4.79 Å². The van der Waals surface area contributed by atoms with Gasteiger partial charge in [0, 0.05) is 22.9 Å². The summed E-state index contributed by atoms with van der Waals surface area (Å²) in [7, 11) is 2.12. The highest BCUT2D eigenvalue weighted by Gasteiger charge is 2.64. The lowest BCUT2D eigenvalue weighted by atomic mass is 9.53. The lowest BCUT2D eigenvalue weighted by molar-refractivity contribution is -0.271. The largest absolute Gasteiger partial charge is 0.482 e. The van der Waals surface area contributed by atoms with E-state index in [1.54, 1.807) is 12.1 Å². The van der Waals surface area contributed by atoms with Crippen LogP contribution < -0.4 is 9.47 Å². The molecule has 1 aromatic rings. The molecule has 0 saturated carbocycles. The Hall–Kier alpha value is -2.21. The van der Waals surface area contributed by atoms with Crippen molar-refractivity contribution in [1.29, 1.82) is 0 Å². The van der Waals surface area contributed by atoms with Gasteiger partial charge in [-0.15, -0.1) is 0 Å². The van der Waals surface area contributed by atoms with Gasteiger partial charge < -0.3 is 44.6 Å². The van der Waals surface area contributed by atoms with Gasteiger partial charge in [0.15, 0.2) is 17.6 Å². The normalized spacial score (nSPS) is 45.3. The molecule has 6 rings (SSSR count). The van der Waals surface area contributed by atoms with Gasteiger partial charge in [0.05, 0.1) is 0 Å². The third kappa shape index (κ3) is 2.73. The van der Waals surface area contributed by atoms with Crippen molar-refractivity contribution in [3.05, 3.63) is 35.4 Å². The molecule has 0 aromatic heterocycles. The second kappa shape index (κ2) is 7.14. The Balaban J connectivity index is 1.41. The monoisotopic (exact) mass is 461 g/mol. The van der Waals surface area contributed by atoms with Gasteiger partial charge in [0.2, 0.25) is 6.29 Å². The fourth-order valence-electron chi connectivity index (χ4n) is 6.60. The number of hydrogen-bond donors (Lipinski definition) is 5. The molecule has 10 heteroatoms. The van der Waals surface area contributed by atoms with Gasteiger partial charge in [-0.05, 0) is 38.1 Å². The van der Waals surface area contributed by atoms with E-state index in [1.807, 2.05) is 6.07 Å². The summed E-state index contributed by atoms with van der Waals surface area (Å²) in [6, 6.07) is 3.90. The number of aliphatic hydroxyl groups is 4. The minimum Gasteiger partial charge on any atom is -0.482 e. The molecule has 10 atom stereocenters. The fourth-order valence-corrected chi connectivity index (χ4v) is 6.60. The van der Waals surface area contributed by atoms with Gasteiger partial charge in [-0.3, -0.25) is 0 Å². The molecular weight excluding hydrogens is 434 g/mol. The number of benzene rings is 1. The molecule has 5 N–H and O–H groups in total. The molecule has 3 aliphatic heterocycles. The first kappa shape index (κ1) is 21.3. The second-order valence-electron chi connectivity index (χ2n) is 9.76. The highest BCUT2D eigenvalue weighted by molar-refractivity contribution is 5.73. The molecule has 178 valence electrons. The Morgan fingerprint density at radius 2 is 1.94 bits per heavy atom. The first-order chi connectivity index (χ1) is 15.7. The van der Waals surface area contributed by atoms with Crippen LogP contribution in [0.1, 0.15) is 17.5 Å². The standard InChI is InChI=1S/C23H27NO9/c1-24-7-6-23-10-3-4-12(25)20(23)32-18-13(5-2-9(14(18)23)8-11(10)24)31-22-17(28)15(26)16(27)19(33-22)21(29)30/h2-5,10-12,15-17,19-20,22,25-28H,6-8H2,1H3,(H,29,30)/t10-,11+,12-,15-,16-,17+,19-,20-,22+,23-/m0/s1. The number of carbonyl (C=O) groups is 1. The van der Waals surface area contributed by atoms with E-state index in [1.165, 1.54) is 0 Å². The zero-order valence-corrected chi connectivity index (χ0v) is 17.9. The fraction of sp³-hybridized carbons (Fsp3) is 0.609. The lowest BCUT2D eigenvalue weighted by Crippen LogP contribution is -2.64. The Morgan fingerprint density at radius 3 is 2.70 bits per heavy atom. The molecule has 1 spiro atoms. The summed E-state index contributed by atoms with van der Waals surface area (Å²) < 4.78 is 17.5. The number of hydrogen-bond acceptors (Lipinski definition) is 9. The summed E-state index contributed by atoms with van der Waals surface area (Å²) in [5.41, 5.74) is 1.70. The Bertz CT molecular complexity index is 1030. The van der Waals surface area contributed by atoms with Crippen molar-refractivity contribution in [3.63, 3.8) is 0 Å². The maximum atomic E-state index is 11.4. The molecule has 0 amide bonds. The number of ether oxygens (including phenoxy) is 3. The van der Waals surface area contributed by atoms with Crippen LogP contribution in [-0.4, -0.2) is 98.9 Å². The third-order valence-electron chi connectivity index (χ3n) is 8.19. The molecule has 10 nitrogen and oxygen atoms in total. The second-order valence-corrected chi connectivity index (χ2v) is 9.76. The minimum absolute atomic E-state index is 0.165. The van der Waals surface area contributed by atoms with Gasteiger partial charge >= 0.3 is 5.97 Å². The molecule has 33 heavy (non-hydrogen) atoms. The van der Waals surface area contributed by atoms with Crippen molar-refractivity contribution in [3.8, 4) is 11.5 Å². The number of likely N-dealkylation sites (N-methyl/N-ethyl adjacent to an activating group) is 1. The van der Waals surface area contributed by atoms with Crippen molar-refractivity contribution in [2.75, 3.05) is 13.6 Å². The van der Waals surface area contributed by atoms with E-state index in [9.17, 15) is 30.3 Å². The number of nitrogens with zero attached hydrogens (tertiary/aromatic N) is 1. The highest BCUT2D eigenvalue weighted by atomic mass is 16.7. The third-order valence-corrected chi connectivity index (χ3v) is 8.19. The van der Waals surface area contributed by atoms with E-state index in [0.29, 0.717) is 5.75 Å². The van der Waals surface area contributed by atoms with Gasteiger partial charge in [0.1, 0.15) is 30.5 Å². The Labute approximate surface area is 189 Å². The maximum absolute atomic E-state index is 11.4. The smallest absolute Gasteiger partial charge is 0.335 e. The summed E-state index contributed by atoms with van der Waals surface area (Å²) >= 11 is 0. The summed E-state index contributed by atoms with van der Waals surface area (Å²) in [5.74, 6) is -0.625. The zero-order chi connectivity index (χ0) is 23.2. The van der Waals surface area contributed by atoms with Crippen LogP contribution in [0.3, 0.4) is 0 Å². The van der Waals surface area contributed by atoms with Crippen LogP contribution >= 0.6 is 0 Å². The van der Waals surface area contributed by atoms with E-state index in [0.717, 1.165) is 30.5 Å². The van der Waals surface area contributed by atoms with E-state index in [2.05, 4.69) is 18.0 Å². The molecule has 0 radical (unpaired) electrons. The number of aliphatic hydroxyl groups excluding tert-OH is 4. The van der Waals surface area contributed by atoms with Crippen LogP contribution in [-0.2, 0) is 21.4 Å². The molecule has 5 aliphatic rings. The van der Waals surface area contributed by atoms with Crippen LogP contribution in [0.4, 0.5) is 0 Å². The maximum Gasteiger partial charge on any atom is 0.335 e. The van der Waals surface area contributed by atoms with Crippen molar-refractivity contribution in [2.45, 2.75) is 67.2 Å². The van der Waals surface area contributed by atoms with Crippen molar-refractivity contribution in [1.82, 2.24) is 4.90 Å². The van der Waals surface area contributed by atoms with E-state index < -0.39 is 54.3 Å². The molecule has 0 unspecified atom stereocenters. The SMILES string of the molecule is CN1CC[C@]23c4c5ccc(O[C@@H]6O[C@H](C(=O)O)[C@@H](O)[C@H](O)[C@H]6O)c4O[C@H]2[C@@H](O)C=C[C@H]3[C@H]1C5. The molecule has 2 saturated heterocycles. The van der Waals surface area contributed by atoms with E-state index in [4.69, 9.17) is 14.2 Å². The predicted octanol–water partition coefficient (Wildman–Crippen LogP) is -1.24. The van der Waals surface area contributed by atoms with Crippen LogP contribution in [0.25, 0.3) is 0 Å². The first-order valence-electron chi connectivity index (χ1n) is 11.2. The van der Waals surface area contributed by atoms with E-state index in [-0.39, 0.29) is 17.7 Å². The van der Waals surface area contributed by atoms with Gasteiger partial charge in [-0.1, -0.05) is 18.2 Å². The molecular formula is C23H27NO9. The molecule has 3 heterocycles. The first-order valence-corrected chi connectivity index (χ1v) is 11.2. The van der Waals surface area contributed by atoms with Crippen LogP contribution in [0, 0.1) is 5.92 Å². The summed E-state index contributed by atoms with van der Waals surface area (Å²) in [4.78, 5) is 13.8. The molecule has 1 aromatic carbocycles. The Kier molecular flexibility index (Phi) is 4.62. The van der Waals surface area contributed by atoms with Crippen molar-refractivity contribution in [2.24, 2.45) is 5.92 Å². The number of rotatable bonds is 3. The highest BCUT2D eigenvalue weighted by Crippen LogP contribution is 2.62. The van der Waals surface area contributed by atoms with E-state index >= 15 is 0 Å². The predicted molar refractivity (Wildman–Crippen MR) is 111 cm³/mol. The van der Waals surface area contributed by atoms with Crippen LogP contribution in [0.15, 0.2) is 24.3 Å². The van der Waals surface area contributed by atoms with Gasteiger partial charge in [0.25, 0.3) is 0 Å². The summed E-state index contributed by atoms with van der Waals surface area (Å²) in [5, 5.41) is 50.6. The van der Waals surface area contributed by atoms with Crippen LogP contribution in [0.5, 0.6) is 11.5 Å². The summed E-state index contributed by atoms with van der Waals surface area (Å²) in [6.07, 6.45) is -4.29. The molecule has 2 aliphatic carbocycles. The summed E-state index contributed by atoms with van der Waals surface area (Å²) in [6.45, 7) is 0.861. The zero-order valence-electron chi connectivity index (χ0n) is 17.9. The number of aliphatic carboxylic acids is 1. The topological polar surface area (TPSA) is 149 Å². The van der Waals surface area contributed by atoms with Crippen molar-refractivity contribution < 1.29 is 44.5 Å². The average Bonchev–Trinajstić information content (AvgIpc) is 3.14. The molecule has 2 fully saturated rings. The number of likely N-dealkylation sites (tertiary alicyclic amines) is 1. The minimum atomic E-state index is -1.80. The number of carboxylic acids is 1. The van der Waals surface area contributed by atoms with Gasteiger partial charge in [-0.2, -0.15) is 0 Å². The Morgan fingerprint density at radius 1 is 1.15 bits per heavy atom. The van der Waals surface area contributed by atoms with Crippen LogP contribution in [0.2, 0.25) is 0 Å². The molecule has 2 bridgehead atoms.